The molecular formula is C13H16BrN5O. The second-order valence-electron chi connectivity index (χ2n) is 4.41. The molecule has 0 aliphatic rings. The van der Waals surface area contributed by atoms with Crippen LogP contribution in [-0.4, -0.2) is 27.4 Å². The largest absolute Gasteiger partial charge is 0.344 e. The van der Waals surface area contributed by atoms with Crippen LogP contribution in [0.5, 0.6) is 0 Å². The normalized spacial score (nSPS) is 12.2. The number of nitrogens with two attached hydrogens (primary N) is 1. The number of carbonyl (C=O) groups is 1. The SMILES string of the molecule is C[C@@H](NC(=O)c1cn(CCN)nn1)c1cccc(Br)c1. The third-order valence-corrected chi connectivity index (χ3v) is 3.32. The van der Waals surface area contributed by atoms with E-state index in [1.807, 2.05) is 31.2 Å². The molecular weight excluding hydrogens is 322 g/mol. The molecule has 1 atom stereocenters. The van der Waals surface area contributed by atoms with Crippen molar-refractivity contribution in [3.8, 4) is 0 Å². The molecule has 1 aromatic carbocycles. The van der Waals surface area contributed by atoms with Crippen LogP contribution in [0.15, 0.2) is 34.9 Å². The van der Waals surface area contributed by atoms with Gasteiger partial charge in [0.2, 0.25) is 0 Å². The van der Waals surface area contributed by atoms with Crippen molar-refractivity contribution in [1.82, 2.24) is 20.3 Å². The molecule has 1 amide bonds. The van der Waals surface area contributed by atoms with Crippen molar-refractivity contribution in [2.75, 3.05) is 6.54 Å². The Kier molecular flexibility index (Phi) is 4.86. The van der Waals surface area contributed by atoms with Crippen LogP contribution in [0.25, 0.3) is 0 Å². The summed E-state index contributed by atoms with van der Waals surface area (Å²) in [4.78, 5) is 12.1. The molecule has 3 N–H and O–H groups in total. The Morgan fingerprint density at radius 1 is 1.55 bits per heavy atom. The fourth-order valence-corrected chi connectivity index (χ4v) is 2.19. The summed E-state index contributed by atoms with van der Waals surface area (Å²) in [6, 6.07) is 7.69. The number of aromatic nitrogens is 3. The maximum atomic E-state index is 12.1. The number of hydrogen-bond donors (Lipinski definition) is 2. The maximum absolute atomic E-state index is 12.1. The van der Waals surface area contributed by atoms with Gasteiger partial charge in [-0.1, -0.05) is 33.3 Å². The maximum Gasteiger partial charge on any atom is 0.273 e. The summed E-state index contributed by atoms with van der Waals surface area (Å²) in [7, 11) is 0. The van der Waals surface area contributed by atoms with Gasteiger partial charge in [0.25, 0.3) is 5.91 Å². The molecule has 2 aromatic rings. The van der Waals surface area contributed by atoms with E-state index in [2.05, 4.69) is 31.6 Å². The zero-order valence-corrected chi connectivity index (χ0v) is 12.7. The zero-order chi connectivity index (χ0) is 14.5. The summed E-state index contributed by atoms with van der Waals surface area (Å²) in [6.07, 6.45) is 1.59. The predicted molar refractivity (Wildman–Crippen MR) is 79.1 cm³/mol. The third-order valence-electron chi connectivity index (χ3n) is 2.83. The molecule has 0 saturated heterocycles. The molecule has 2 rings (SSSR count). The minimum atomic E-state index is -0.249. The topological polar surface area (TPSA) is 85.8 Å². The number of halogens is 1. The molecule has 7 heteroatoms. The first-order valence-corrected chi connectivity index (χ1v) is 7.06. The van der Waals surface area contributed by atoms with Gasteiger partial charge in [-0.2, -0.15) is 0 Å². The molecule has 0 spiro atoms. The Labute approximate surface area is 125 Å². The number of nitrogens with one attached hydrogen (secondary N) is 1. The van der Waals surface area contributed by atoms with Gasteiger partial charge in [0.15, 0.2) is 5.69 Å². The van der Waals surface area contributed by atoms with Crippen LogP contribution in [0.3, 0.4) is 0 Å². The van der Waals surface area contributed by atoms with E-state index in [1.165, 1.54) is 0 Å². The van der Waals surface area contributed by atoms with Crippen LogP contribution in [-0.2, 0) is 6.54 Å². The molecule has 0 fully saturated rings. The van der Waals surface area contributed by atoms with Gasteiger partial charge in [-0.15, -0.1) is 5.10 Å². The Morgan fingerprint density at radius 2 is 2.35 bits per heavy atom. The first-order valence-electron chi connectivity index (χ1n) is 6.26. The molecule has 1 aromatic heterocycles. The van der Waals surface area contributed by atoms with Crippen LogP contribution in [0.4, 0.5) is 0 Å². The first-order chi connectivity index (χ1) is 9.60. The quantitative estimate of drug-likeness (QED) is 0.865. The van der Waals surface area contributed by atoms with Gasteiger partial charge in [-0.3, -0.25) is 9.48 Å². The molecule has 0 unspecified atom stereocenters. The van der Waals surface area contributed by atoms with E-state index in [-0.39, 0.29) is 11.9 Å². The van der Waals surface area contributed by atoms with Crippen molar-refractivity contribution in [2.24, 2.45) is 5.73 Å². The van der Waals surface area contributed by atoms with Gasteiger partial charge in [-0.25, -0.2) is 0 Å². The summed E-state index contributed by atoms with van der Waals surface area (Å²) < 4.78 is 2.53. The second kappa shape index (κ2) is 6.62. The minimum absolute atomic E-state index is 0.111. The third kappa shape index (κ3) is 3.64. The van der Waals surface area contributed by atoms with Gasteiger partial charge in [-0.05, 0) is 24.6 Å². The highest BCUT2D eigenvalue weighted by molar-refractivity contribution is 9.10. The number of carbonyl (C=O) groups excluding carboxylic acids is 1. The second-order valence-corrected chi connectivity index (χ2v) is 5.32. The van der Waals surface area contributed by atoms with Crippen molar-refractivity contribution in [2.45, 2.75) is 19.5 Å². The summed E-state index contributed by atoms with van der Waals surface area (Å²) >= 11 is 3.41. The van der Waals surface area contributed by atoms with E-state index < -0.39 is 0 Å². The van der Waals surface area contributed by atoms with E-state index in [4.69, 9.17) is 5.73 Å². The molecule has 0 aliphatic heterocycles. The van der Waals surface area contributed by atoms with Crippen molar-refractivity contribution in [3.63, 3.8) is 0 Å². The lowest BCUT2D eigenvalue weighted by Crippen LogP contribution is -2.27. The van der Waals surface area contributed by atoms with E-state index >= 15 is 0 Å². The van der Waals surface area contributed by atoms with Gasteiger partial charge < -0.3 is 11.1 Å². The lowest BCUT2D eigenvalue weighted by Gasteiger charge is -2.13. The molecule has 0 aliphatic carbocycles. The van der Waals surface area contributed by atoms with Gasteiger partial charge in [0.1, 0.15) is 0 Å². The lowest BCUT2D eigenvalue weighted by atomic mass is 10.1. The van der Waals surface area contributed by atoms with E-state index in [0.29, 0.717) is 18.8 Å². The van der Waals surface area contributed by atoms with E-state index in [9.17, 15) is 4.79 Å². The van der Waals surface area contributed by atoms with E-state index in [1.54, 1.807) is 10.9 Å². The Morgan fingerprint density at radius 3 is 3.05 bits per heavy atom. The number of rotatable bonds is 5. The van der Waals surface area contributed by atoms with Crippen molar-refractivity contribution < 1.29 is 4.79 Å². The summed E-state index contributed by atoms with van der Waals surface area (Å²) in [5, 5.41) is 10.6. The van der Waals surface area contributed by atoms with Crippen LogP contribution < -0.4 is 11.1 Å². The highest BCUT2D eigenvalue weighted by Gasteiger charge is 2.14. The molecule has 6 nitrogen and oxygen atoms in total. The fraction of sp³-hybridized carbons (Fsp3) is 0.308. The summed E-state index contributed by atoms with van der Waals surface area (Å²) in [5.41, 5.74) is 6.73. The lowest BCUT2D eigenvalue weighted by molar-refractivity contribution is 0.0934. The standard InChI is InChI=1S/C13H16BrN5O/c1-9(10-3-2-4-11(14)7-10)16-13(20)12-8-19(6-5-15)18-17-12/h2-4,7-9H,5-6,15H2,1H3,(H,16,20)/t9-/m1/s1. The molecule has 1 heterocycles. The summed E-state index contributed by atoms with van der Waals surface area (Å²) in [6.45, 7) is 2.92. The monoisotopic (exact) mass is 337 g/mol. The molecule has 0 bridgehead atoms. The Balaban J connectivity index is 2.03. The number of amides is 1. The molecule has 20 heavy (non-hydrogen) atoms. The average Bonchev–Trinajstić information content (AvgIpc) is 2.88. The minimum Gasteiger partial charge on any atom is -0.344 e. The van der Waals surface area contributed by atoms with Crippen LogP contribution in [0, 0.1) is 0 Å². The van der Waals surface area contributed by atoms with Gasteiger partial charge >= 0.3 is 0 Å². The average molecular weight is 338 g/mol. The Bertz CT molecular complexity index is 598. The number of benzene rings is 1. The predicted octanol–water partition coefficient (Wildman–Crippen LogP) is 1.49. The number of nitrogens with zero attached hydrogens (tertiary/aromatic N) is 3. The molecule has 106 valence electrons. The van der Waals surface area contributed by atoms with Crippen LogP contribution in [0.2, 0.25) is 0 Å². The van der Waals surface area contributed by atoms with Crippen LogP contribution in [0.1, 0.15) is 29.0 Å². The van der Waals surface area contributed by atoms with Crippen molar-refractivity contribution >= 4 is 21.8 Å². The summed E-state index contributed by atoms with van der Waals surface area (Å²) in [5.74, 6) is -0.249. The Hall–Kier alpha value is -1.73. The van der Waals surface area contributed by atoms with Crippen molar-refractivity contribution in [3.05, 3.63) is 46.2 Å². The van der Waals surface area contributed by atoms with E-state index in [0.717, 1.165) is 10.0 Å². The van der Waals surface area contributed by atoms with Gasteiger partial charge in [0, 0.05) is 11.0 Å². The smallest absolute Gasteiger partial charge is 0.273 e. The zero-order valence-electron chi connectivity index (χ0n) is 11.1. The number of hydrogen-bond acceptors (Lipinski definition) is 4. The van der Waals surface area contributed by atoms with Crippen molar-refractivity contribution in [1.29, 1.82) is 0 Å². The van der Waals surface area contributed by atoms with Crippen LogP contribution >= 0.6 is 15.9 Å². The highest BCUT2D eigenvalue weighted by Crippen LogP contribution is 2.18. The fourth-order valence-electron chi connectivity index (χ4n) is 1.77. The molecule has 0 saturated carbocycles. The first kappa shape index (κ1) is 14.7. The molecule has 0 radical (unpaired) electrons. The highest BCUT2D eigenvalue weighted by atomic mass is 79.9. The van der Waals surface area contributed by atoms with Gasteiger partial charge in [0.05, 0.1) is 18.8 Å².